The molecular weight excluding hydrogens is 408 g/mol. The van der Waals surface area contributed by atoms with Gasteiger partial charge in [0.2, 0.25) is 0 Å². The summed E-state index contributed by atoms with van der Waals surface area (Å²) in [7, 11) is 3.02. The van der Waals surface area contributed by atoms with Gasteiger partial charge in [-0.15, -0.1) is 5.17 Å². The van der Waals surface area contributed by atoms with Gasteiger partial charge in [-0.05, 0) is 31.5 Å². The standard InChI is InChI=1S/C21H23ClN4O4/c1-21(2,12-8-6-5-7-9-12)24-17-16(19(28)20(17)29)23-14-11-10-13(22)15(18(14)27)25-26(3)30-4/h5-11,23-25,27H,1-4H3. The number of aromatic hydroxyl groups is 1. The molecule has 0 unspecified atom stereocenters. The van der Waals surface area contributed by atoms with Crippen LogP contribution in [0.5, 0.6) is 5.75 Å². The third kappa shape index (κ3) is 4.11. The Bertz CT molecular complexity index is 1120. The van der Waals surface area contributed by atoms with Crippen LogP contribution in [0.2, 0.25) is 5.02 Å². The Kier molecular flexibility index (Phi) is 6.02. The molecule has 30 heavy (non-hydrogen) atoms. The topological polar surface area (TPSA) is 103 Å². The zero-order valence-electron chi connectivity index (χ0n) is 17.0. The minimum absolute atomic E-state index is 0.0766. The third-order valence-corrected chi connectivity index (χ3v) is 5.09. The lowest BCUT2D eigenvalue weighted by Crippen LogP contribution is -2.41. The number of hydrogen-bond acceptors (Lipinski definition) is 8. The second kappa shape index (κ2) is 8.35. The fourth-order valence-electron chi connectivity index (χ4n) is 2.98. The van der Waals surface area contributed by atoms with Gasteiger partial charge < -0.3 is 15.7 Å². The lowest BCUT2D eigenvalue weighted by molar-refractivity contribution is -0.0865. The molecule has 0 bridgehead atoms. The van der Waals surface area contributed by atoms with E-state index in [-0.39, 0.29) is 33.5 Å². The van der Waals surface area contributed by atoms with Gasteiger partial charge in [0, 0.05) is 7.05 Å². The highest BCUT2D eigenvalue weighted by Crippen LogP contribution is 2.40. The molecule has 3 aromatic carbocycles. The number of phenolic OH excluding ortho intramolecular Hbond substituents is 1. The van der Waals surface area contributed by atoms with Gasteiger partial charge >= 0.3 is 0 Å². The molecule has 0 fully saturated rings. The van der Waals surface area contributed by atoms with E-state index in [0.717, 1.165) is 5.56 Å². The van der Waals surface area contributed by atoms with E-state index in [4.69, 9.17) is 16.4 Å². The zero-order chi connectivity index (χ0) is 22.1. The van der Waals surface area contributed by atoms with Crippen molar-refractivity contribution in [1.82, 2.24) is 5.17 Å². The predicted octanol–water partition coefficient (Wildman–Crippen LogP) is 3.55. The van der Waals surface area contributed by atoms with Crippen LogP contribution in [0, 0.1) is 0 Å². The largest absolute Gasteiger partial charge is 0.504 e. The lowest BCUT2D eigenvalue weighted by atomic mass is 9.93. The van der Waals surface area contributed by atoms with Gasteiger partial charge in [-0.2, -0.15) is 0 Å². The molecule has 0 atom stereocenters. The first-order valence-electron chi connectivity index (χ1n) is 9.15. The van der Waals surface area contributed by atoms with Gasteiger partial charge in [0.05, 0.1) is 23.4 Å². The molecule has 9 heteroatoms. The Morgan fingerprint density at radius 3 is 2.27 bits per heavy atom. The zero-order valence-corrected chi connectivity index (χ0v) is 17.8. The molecule has 0 amide bonds. The summed E-state index contributed by atoms with van der Waals surface area (Å²) in [6, 6.07) is 12.6. The van der Waals surface area contributed by atoms with Crippen LogP contribution in [-0.4, -0.2) is 24.4 Å². The van der Waals surface area contributed by atoms with E-state index in [1.54, 1.807) is 13.1 Å². The van der Waals surface area contributed by atoms with Crippen LogP contribution in [-0.2, 0) is 10.4 Å². The Hall–Kier alpha value is -3.07. The maximum absolute atomic E-state index is 12.2. The average molecular weight is 431 g/mol. The normalized spacial score (nSPS) is 11.7. The molecule has 0 aliphatic rings. The summed E-state index contributed by atoms with van der Waals surface area (Å²) in [5, 5.41) is 18.1. The fraction of sp³-hybridized carbons (Fsp3) is 0.238. The monoisotopic (exact) mass is 430 g/mol. The smallest absolute Gasteiger partial charge is 0.253 e. The highest BCUT2D eigenvalue weighted by molar-refractivity contribution is 6.33. The molecule has 0 heterocycles. The molecule has 4 N–H and O–H groups in total. The number of phenols is 1. The minimum atomic E-state index is -0.667. The number of halogens is 1. The summed E-state index contributed by atoms with van der Waals surface area (Å²) in [4.78, 5) is 29.4. The second-order valence-corrected chi connectivity index (χ2v) is 7.67. The molecule has 0 aliphatic heterocycles. The number of rotatable bonds is 8. The average Bonchev–Trinajstić information content (AvgIpc) is 2.75. The van der Waals surface area contributed by atoms with E-state index >= 15 is 0 Å². The minimum Gasteiger partial charge on any atom is -0.504 e. The SMILES string of the molecule is CON(C)Nc1c(Cl)ccc(Nc2c(NC(C)(C)c3ccccc3)c(=O)c2=O)c1O. The van der Waals surface area contributed by atoms with E-state index in [0.29, 0.717) is 0 Å². The maximum Gasteiger partial charge on any atom is 0.253 e. The summed E-state index contributed by atoms with van der Waals surface area (Å²) < 4.78 is 0. The van der Waals surface area contributed by atoms with Crippen molar-refractivity contribution < 1.29 is 9.94 Å². The second-order valence-electron chi connectivity index (χ2n) is 7.26. The van der Waals surface area contributed by atoms with Crippen molar-refractivity contribution in [3.05, 3.63) is 73.5 Å². The first-order chi connectivity index (χ1) is 14.2. The molecule has 0 spiro atoms. The van der Waals surface area contributed by atoms with Gasteiger partial charge in [-0.1, -0.05) is 41.9 Å². The summed E-state index contributed by atoms with van der Waals surface area (Å²) in [5.74, 6) is -0.229. The Balaban J connectivity index is 1.91. The molecule has 0 saturated carbocycles. The van der Waals surface area contributed by atoms with E-state index in [1.165, 1.54) is 18.3 Å². The van der Waals surface area contributed by atoms with Gasteiger partial charge in [-0.3, -0.25) is 19.9 Å². The molecule has 0 aromatic heterocycles. The van der Waals surface area contributed by atoms with Crippen molar-refractivity contribution in [1.29, 1.82) is 0 Å². The first kappa shape index (κ1) is 21.6. The highest BCUT2D eigenvalue weighted by atomic mass is 35.5. The van der Waals surface area contributed by atoms with Crippen LogP contribution in [0.4, 0.5) is 22.7 Å². The van der Waals surface area contributed by atoms with Gasteiger partial charge in [0.15, 0.2) is 5.75 Å². The maximum atomic E-state index is 12.2. The summed E-state index contributed by atoms with van der Waals surface area (Å²) >= 11 is 6.14. The van der Waals surface area contributed by atoms with Crippen LogP contribution in [0.25, 0.3) is 0 Å². The van der Waals surface area contributed by atoms with Crippen LogP contribution in [0.15, 0.2) is 52.1 Å². The van der Waals surface area contributed by atoms with Crippen LogP contribution >= 0.6 is 11.6 Å². The summed E-state index contributed by atoms with van der Waals surface area (Å²) in [6.45, 7) is 3.82. The van der Waals surface area contributed by atoms with Crippen molar-refractivity contribution in [2.45, 2.75) is 19.4 Å². The Morgan fingerprint density at radius 1 is 1.00 bits per heavy atom. The molecule has 0 saturated heterocycles. The molecule has 0 aliphatic carbocycles. The van der Waals surface area contributed by atoms with Gasteiger partial charge in [0.1, 0.15) is 17.1 Å². The van der Waals surface area contributed by atoms with Crippen LogP contribution in [0.3, 0.4) is 0 Å². The van der Waals surface area contributed by atoms with Crippen molar-refractivity contribution in [2.24, 2.45) is 0 Å². The van der Waals surface area contributed by atoms with E-state index in [9.17, 15) is 14.7 Å². The van der Waals surface area contributed by atoms with Gasteiger partial charge in [0.25, 0.3) is 10.9 Å². The molecule has 3 rings (SSSR count). The van der Waals surface area contributed by atoms with Crippen molar-refractivity contribution in [3.63, 3.8) is 0 Å². The van der Waals surface area contributed by atoms with Gasteiger partial charge in [-0.25, -0.2) is 0 Å². The Labute approximate surface area is 178 Å². The first-order valence-corrected chi connectivity index (χ1v) is 9.53. The van der Waals surface area contributed by atoms with E-state index in [1.807, 2.05) is 44.2 Å². The summed E-state index contributed by atoms with van der Waals surface area (Å²) in [6.07, 6.45) is 0. The third-order valence-electron chi connectivity index (χ3n) is 4.77. The van der Waals surface area contributed by atoms with Crippen LogP contribution < -0.4 is 26.9 Å². The van der Waals surface area contributed by atoms with Crippen molar-refractivity contribution >= 4 is 34.4 Å². The fourth-order valence-corrected chi connectivity index (χ4v) is 3.18. The number of anilines is 4. The highest BCUT2D eigenvalue weighted by Gasteiger charge is 2.29. The molecule has 3 aromatic rings. The van der Waals surface area contributed by atoms with Crippen molar-refractivity contribution in [2.75, 3.05) is 30.2 Å². The molecule has 0 radical (unpaired) electrons. The number of hydrazine groups is 1. The molecule has 158 valence electrons. The van der Waals surface area contributed by atoms with Crippen LogP contribution in [0.1, 0.15) is 19.4 Å². The van der Waals surface area contributed by atoms with E-state index in [2.05, 4.69) is 16.1 Å². The molecule has 8 nitrogen and oxygen atoms in total. The van der Waals surface area contributed by atoms with Crippen molar-refractivity contribution in [3.8, 4) is 5.75 Å². The number of nitrogens with one attached hydrogen (secondary N) is 3. The summed E-state index contributed by atoms with van der Waals surface area (Å²) in [5.41, 5.74) is 2.47. The lowest BCUT2D eigenvalue weighted by Gasteiger charge is -2.30. The number of hydroxylamine groups is 1. The quantitative estimate of drug-likeness (QED) is 0.244. The Morgan fingerprint density at radius 2 is 1.63 bits per heavy atom. The number of benzene rings is 2. The van der Waals surface area contributed by atoms with E-state index < -0.39 is 16.4 Å². The predicted molar refractivity (Wildman–Crippen MR) is 119 cm³/mol. The number of nitrogens with zero attached hydrogens (tertiary/aromatic N) is 1. The molecular formula is C21H23ClN4O4. The number of hydrogen-bond donors (Lipinski definition) is 4.